The molecule has 4 aliphatic rings. The lowest BCUT2D eigenvalue weighted by Gasteiger charge is -2.50. The third kappa shape index (κ3) is 4.51. The van der Waals surface area contributed by atoms with E-state index >= 15 is 0 Å². The molecule has 2 aliphatic carbocycles. The zero-order chi connectivity index (χ0) is 19.0. The van der Waals surface area contributed by atoms with Gasteiger partial charge in [-0.15, -0.1) is 0 Å². The molecule has 2 saturated carbocycles. The average Bonchev–Trinajstić information content (AvgIpc) is 2.55. The molecule has 2 heterocycles. The standard InChI is InChI=1S/C21H40N4O2/c1-15-12-25(18-10-21(11-18)27-4)13-16(22-15)7-19-14-24(6-5-23(19)2)17-8-20(9-17)26-3/h15-22H,5-14H2,1-4H3/t15-,16?,17?,18?,19-,20?,21?/m0/s1. The minimum Gasteiger partial charge on any atom is -0.381 e. The van der Waals surface area contributed by atoms with Crippen LogP contribution in [0, 0.1) is 0 Å². The van der Waals surface area contributed by atoms with Gasteiger partial charge in [-0.25, -0.2) is 0 Å². The Hall–Kier alpha value is -0.240. The lowest BCUT2D eigenvalue weighted by atomic mass is 9.85. The van der Waals surface area contributed by atoms with Crippen molar-refractivity contribution in [1.82, 2.24) is 20.0 Å². The Morgan fingerprint density at radius 2 is 1.48 bits per heavy atom. The molecule has 6 nitrogen and oxygen atoms in total. The summed E-state index contributed by atoms with van der Waals surface area (Å²) in [6.45, 7) is 8.37. The largest absolute Gasteiger partial charge is 0.381 e. The van der Waals surface area contributed by atoms with Gasteiger partial charge in [-0.05, 0) is 46.1 Å². The fourth-order valence-corrected chi connectivity index (χ4v) is 5.60. The molecule has 2 aliphatic heterocycles. The minimum absolute atomic E-state index is 0.495. The summed E-state index contributed by atoms with van der Waals surface area (Å²) in [5.41, 5.74) is 0. The van der Waals surface area contributed by atoms with E-state index in [2.05, 4.69) is 34.0 Å². The molecule has 0 aromatic rings. The van der Waals surface area contributed by atoms with E-state index in [-0.39, 0.29) is 0 Å². The van der Waals surface area contributed by atoms with Crippen LogP contribution in [0.25, 0.3) is 0 Å². The number of methoxy groups -OCH3 is 2. The topological polar surface area (TPSA) is 40.2 Å². The molecule has 0 aromatic heterocycles. The van der Waals surface area contributed by atoms with Crippen molar-refractivity contribution < 1.29 is 9.47 Å². The van der Waals surface area contributed by atoms with Gasteiger partial charge < -0.3 is 19.7 Å². The van der Waals surface area contributed by atoms with E-state index in [1.54, 1.807) is 0 Å². The smallest absolute Gasteiger partial charge is 0.0601 e. The van der Waals surface area contributed by atoms with Gasteiger partial charge in [0.05, 0.1) is 12.2 Å². The van der Waals surface area contributed by atoms with Crippen molar-refractivity contribution >= 4 is 0 Å². The van der Waals surface area contributed by atoms with Gasteiger partial charge in [0, 0.05) is 77.2 Å². The summed E-state index contributed by atoms with van der Waals surface area (Å²) in [5.74, 6) is 0. The Kier molecular flexibility index (Phi) is 6.41. The van der Waals surface area contributed by atoms with E-state index in [9.17, 15) is 0 Å². The van der Waals surface area contributed by atoms with Gasteiger partial charge in [0.15, 0.2) is 0 Å². The van der Waals surface area contributed by atoms with Crippen LogP contribution in [-0.2, 0) is 9.47 Å². The third-order valence-corrected chi connectivity index (χ3v) is 7.69. The van der Waals surface area contributed by atoms with E-state index in [0.29, 0.717) is 30.3 Å². The van der Waals surface area contributed by atoms with Crippen molar-refractivity contribution in [3.63, 3.8) is 0 Å². The number of hydrogen-bond acceptors (Lipinski definition) is 6. The normalized spacial score (nSPS) is 44.7. The second-order valence-electron chi connectivity index (χ2n) is 9.55. The van der Waals surface area contributed by atoms with E-state index in [1.165, 1.54) is 64.8 Å². The van der Waals surface area contributed by atoms with Crippen molar-refractivity contribution in [2.24, 2.45) is 0 Å². The van der Waals surface area contributed by atoms with Crippen LogP contribution in [0.2, 0.25) is 0 Å². The fraction of sp³-hybridized carbons (Fsp3) is 1.00. The molecule has 4 rings (SSSR count). The van der Waals surface area contributed by atoms with Crippen molar-refractivity contribution in [2.75, 3.05) is 54.0 Å². The molecule has 3 atom stereocenters. The second kappa shape index (κ2) is 8.64. The molecule has 0 spiro atoms. The summed E-state index contributed by atoms with van der Waals surface area (Å²) in [5, 5.41) is 3.89. The van der Waals surface area contributed by atoms with Crippen molar-refractivity contribution in [1.29, 1.82) is 0 Å². The second-order valence-corrected chi connectivity index (χ2v) is 9.55. The molecule has 0 amide bonds. The molecule has 156 valence electrons. The SMILES string of the molecule is COC1CC(N2CCN(C)[C@@H](CC3CN(C4CC(OC)C4)C[C@H](C)N3)C2)C1. The van der Waals surface area contributed by atoms with Crippen LogP contribution in [0.3, 0.4) is 0 Å². The predicted molar refractivity (Wildman–Crippen MR) is 108 cm³/mol. The molecular weight excluding hydrogens is 340 g/mol. The van der Waals surface area contributed by atoms with Gasteiger partial charge >= 0.3 is 0 Å². The van der Waals surface area contributed by atoms with Gasteiger partial charge in [-0.1, -0.05) is 0 Å². The Morgan fingerprint density at radius 1 is 0.852 bits per heavy atom. The number of likely N-dealkylation sites (N-methyl/N-ethyl adjacent to an activating group) is 1. The minimum atomic E-state index is 0.495. The molecule has 0 aromatic carbocycles. The number of piperazine rings is 2. The highest BCUT2D eigenvalue weighted by Crippen LogP contribution is 2.31. The quantitative estimate of drug-likeness (QED) is 0.742. The van der Waals surface area contributed by atoms with Gasteiger partial charge in [-0.3, -0.25) is 9.80 Å². The van der Waals surface area contributed by atoms with E-state index in [4.69, 9.17) is 9.47 Å². The summed E-state index contributed by atoms with van der Waals surface area (Å²) in [6.07, 6.45) is 7.14. The molecular formula is C21H40N4O2. The molecule has 0 bridgehead atoms. The van der Waals surface area contributed by atoms with E-state index in [0.717, 1.165) is 12.1 Å². The molecule has 6 heteroatoms. The van der Waals surface area contributed by atoms with E-state index < -0.39 is 0 Å². The maximum atomic E-state index is 5.50. The summed E-state index contributed by atoms with van der Waals surface area (Å²) >= 11 is 0. The molecule has 4 fully saturated rings. The summed E-state index contributed by atoms with van der Waals surface area (Å²) < 4.78 is 11.0. The fourth-order valence-electron chi connectivity index (χ4n) is 5.60. The number of nitrogens with one attached hydrogen (secondary N) is 1. The highest BCUT2D eigenvalue weighted by Gasteiger charge is 2.40. The van der Waals surface area contributed by atoms with Crippen molar-refractivity contribution in [3.8, 4) is 0 Å². The van der Waals surface area contributed by atoms with Crippen LogP contribution in [-0.4, -0.2) is 111 Å². The molecule has 1 N–H and O–H groups in total. The van der Waals surface area contributed by atoms with Crippen molar-refractivity contribution in [3.05, 3.63) is 0 Å². The Morgan fingerprint density at radius 3 is 2.11 bits per heavy atom. The summed E-state index contributed by atoms with van der Waals surface area (Å²) in [7, 11) is 6.03. The van der Waals surface area contributed by atoms with Crippen LogP contribution >= 0.6 is 0 Å². The van der Waals surface area contributed by atoms with Crippen LogP contribution in [0.4, 0.5) is 0 Å². The Labute approximate surface area is 165 Å². The van der Waals surface area contributed by atoms with E-state index in [1.807, 2.05) is 14.2 Å². The summed E-state index contributed by atoms with van der Waals surface area (Å²) in [6, 6.07) is 3.35. The first-order chi connectivity index (χ1) is 13.1. The van der Waals surface area contributed by atoms with Crippen LogP contribution in [0.1, 0.15) is 39.0 Å². The zero-order valence-corrected chi connectivity index (χ0v) is 17.8. The first kappa shape index (κ1) is 20.0. The predicted octanol–water partition coefficient (Wildman–Crippen LogP) is 1.01. The number of hydrogen-bond donors (Lipinski definition) is 1. The van der Waals surface area contributed by atoms with Gasteiger partial charge in [0.1, 0.15) is 0 Å². The molecule has 0 radical (unpaired) electrons. The first-order valence-electron chi connectivity index (χ1n) is 11.1. The monoisotopic (exact) mass is 380 g/mol. The number of nitrogens with zero attached hydrogens (tertiary/aromatic N) is 3. The maximum Gasteiger partial charge on any atom is 0.0601 e. The summed E-state index contributed by atoms with van der Waals surface area (Å²) in [4.78, 5) is 8.06. The lowest BCUT2D eigenvalue weighted by molar-refractivity contribution is -0.0545. The lowest BCUT2D eigenvalue weighted by Crippen LogP contribution is -2.64. The van der Waals surface area contributed by atoms with Gasteiger partial charge in [-0.2, -0.15) is 0 Å². The number of rotatable bonds is 6. The average molecular weight is 381 g/mol. The molecule has 2 saturated heterocycles. The van der Waals surface area contributed by atoms with Crippen LogP contribution in [0.5, 0.6) is 0 Å². The maximum absolute atomic E-state index is 5.50. The van der Waals surface area contributed by atoms with Crippen molar-refractivity contribution in [2.45, 2.75) is 81.4 Å². The van der Waals surface area contributed by atoms with Gasteiger partial charge in [0.2, 0.25) is 0 Å². The van der Waals surface area contributed by atoms with Crippen LogP contribution < -0.4 is 5.32 Å². The third-order valence-electron chi connectivity index (χ3n) is 7.69. The molecule has 1 unspecified atom stereocenters. The van der Waals surface area contributed by atoms with Crippen LogP contribution in [0.15, 0.2) is 0 Å². The zero-order valence-electron chi connectivity index (χ0n) is 17.8. The number of ether oxygens (including phenoxy) is 2. The highest BCUT2D eigenvalue weighted by atomic mass is 16.5. The molecule has 27 heavy (non-hydrogen) atoms. The first-order valence-corrected chi connectivity index (χ1v) is 11.1. The Bertz CT molecular complexity index is 481. The highest BCUT2D eigenvalue weighted by molar-refractivity contribution is 4.97. The van der Waals surface area contributed by atoms with Gasteiger partial charge in [0.25, 0.3) is 0 Å². The Balaban J connectivity index is 1.29.